The summed E-state index contributed by atoms with van der Waals surface area (Å²) in [6.45, 7) is 8.25. The van der Waals surface area contributed by atoms with E-state index in [2.05, 4.69) is 10.3 Å². The van der Waals surface area contributed by atoms with Crippen LogP contribution in [0.15, 0.2) is 12.1 Å². The highest BCUT2D eigenvalue weighted by Crippen LogP contribution is 2.36. The molecule has 0 saturated heterocycles. The highest BCUT2D eigenvalue weighted by molar-refractivity contribution is 7.19. The van der Waals surface area contributed by atoms with Crippen LogP contribution in [-0.4, -0.2) is 29.3 Å². The van der Waals surface area contributed by atoms with Crippen molar-refractivity contribution in [2.75, 3.05) is 11.9 Å². The van der Waals surface area contributed by atoms with Gasteiger partial charge < -0.3 is 9.47 Å². The molecule has 0 fully saturated rings. The maximum atomic E-state index is 14.3. The second-order valence-electron chi connectivity index (χ2n) is 6.65. The maximum absolute atomic E-state index is 14.3. The van der Waals surface area contributed by atoms with Gasteiger partial charge >= 0.3 is 12.1 Å². The first kappa shape index (κ1) is 20.8. The van der Waals surface area contributed by atoms with Crippen LogP contribution in [0.2, 0.25) is 0 Å². The highest BCUT2D eigenvalue weighted by atomic mass is 32.1. The molecule has 0 spiro atoms. The number of ether oxygens (including phenoxy) is 2. The minimum atomic E-state index is -0.826. The molecule has 9 heteroatoms. The van der Waals surface area contributed by atoms with Crippen molar-refractivity contribution >= 4 is 28.4 Å². The first-order valence-electron chi connectivity index (χ1n) is 8.15. The number of halogens is 2. The van der Waals surface area contributed by atoms with Gasteiger partial charge in [0.25, 0.3) is 0 Å². The normalized spacial score (nSPS) is 11.2. The van der Waals surface area contributed by atoms with E-state index in [4.69, 9.17) is 9.47 Å². The molecule has 2 rings (SSSR count). The molecule has 1 heterocycles. The number of nitrogens with zero attached hydrogens (tertiary/aromatic N) is 1. The monoisotopic (exact) mass is 398 g/mol. The number of hydrogen-bond donors (Lipinski definition) is 1. The molecule has 1 amide bonds. The summed E-state index contributed by atoms with van der Waals surface area (Å²) in [6.07, 6.45) is -0.826. The molecule has 0 aliphatic heterocycles. The Morgan fingerprint density at radius 1 is 1.22 bits per heavy atom. The third kappa shape index (κ3) is 5.22. The Hall–Kier alpha value is -2.55. The standard InChI is InChI=1S/C18H20F2N2O4S/c1-6-25-16(23)13-15(22-17(24)26-18(3,4)5)27-14(21-13)12-10(19)7-9(2)8-11(12)20/h7-8H,6H2,1-5H3,(H,22,24). The number of aryl methyl sites for hydroxylation is 1. The summed E-state index contributed by atoms with van der Waals surface area (Å²) in [5, 5.41) is 2.28. The zero-order valence-electron chi connectivity index (χ0n) is 15.6. The number of rotatable bonds is 4. The number of amides is 1. The van der Waals surface area contributed by atoms with Gasteiger partial charge in [0.15, 0.2) is 5.69 Å². The predicted octanol–water partition coefficient (Wildman–Crippen LogP) is 4.92. The molecular formula is C18H20F2N2O4S. The minimum absolute atomic E-state index is 0.0166. The number of nitrogens with one attached hydrogen (secondary N) is 1. The number of carbonyl (C=O) groups is 2. The molecule has 0 radical (unpaired) electrons. The van der Waals surface area contributed by atoms with Gasteiger partial charge in [-0.1, -0.05) is 11.3 Å². The average molecular weight is 398 g/mol. The number of carbonyl (C=O) groups excluding carboxylic acids is 2. The lowest BCUT2D eigenvalue weighted by Gasteiger charge is -2.19. The van der Waals surface area contributed by atoms with Crippen LogP contribution >= 0.6 is 11.3 Å². The van der Waals surface area contributed by atoms with Gasteiger partial charge in [-0.2, -0.15) is 0 Å². The summed E-state index contributed by atoms with van der Waals surface area (Å²) in [7, 11) is 0. The van der Waals surface area contributed by atoms with Crippen LogP contribution in [0.1, 0.15) is 43.7 Å². The first-order valence-corrected chi connectivity index (χ1v) is 8.97. The van der Waals surface area contributed by atoms with E-state index < -0.39 is 29.3 Å². The van der Waals surface area contributed by atoms with Crippen molar-refractivity contribution in [1.82, 2.24) is 4.98 Å². The second kappa shape index (κ2) is 7.99. The molecule has 0 aliphatic rings. The maximum Gasteiger partial charge on any atom is 0.412 e. The minimum Gasteiger partial charge on any atom is -0.461 e. The molecule has 1 N–H and O–H groups in total. The molecule has 0 saturated carbocycles. The van der Waals surface area contributed by atoms with Crippen molar-refractivity contribution in [2.45, 2.75) is 40.2 Å². The zero-order chi connectivity index (χ0) is 20.4. The fourth-order valence-corrected chi connectivity index (χ4v) is 3.14. The van der Waals surface area contributed by atoms with Crippen molar-refractivity contribution in [2.24, 2.45) is 0 Å². The van der Waals surface area contributed by atoms with Gasteiger partial charge in [-0.05, 0) is 52.3 Å². The van der Waals surface area contributed by atoms with Gasteiger partial charge in [0.1, 0.15) is 27.2 Å². The number of esters is 1. The van der Waals surface area contributed by atoms with Crippen molar-refractivity contribution in [3.05, 3.63) is 35.0 Å². The number of anilines is 1. The Morgan fingerprint density at radius 3 is 2.33 bits per heavy atom. The lowest BCUT2D eigenvalue weighted by atomic mass is 10.1. The molecule has 1 aromatic carbocycles. The van der Waals surface area contributed by atoms with Crippen LogP contribution in [0.4, 0.5) is 18.6 Å². The number of aromatic nitrogens is 1. The van der Waals surface area contributed by atoms with Gasteiger partial charge in [0.05, 0.1) is 12.2 Å². The van der Waals surface area contributed by atoms with E-state index in [-0.39, 0.29) is 27.9 Å². The topological polar surface area (TPSA) is 77.5 Å². The third-order valence-corrected chi connectivity index (χ3v) is 4.10. The Kier molecular flexibility index (Phi) is 6.15. The van der Waals surface area contributed by atoms with Crippen molar-refractivity contribution < 1.29 is 27.8 Å². The van der Waals surface area contributed by atoms with Crippen LogP contribution in [0, 0.1) is 18.6 Å². The molecule has 6 nitrogen and oxygen atoms in total. The van der Waals surface area contributed by atoms with Crippen LogP contribution in [0.3, 0.4) is 0 Å². The van der Waals surface area contributed by atoms with Gasteiger partial charge in [-0.3, -0.25) is 5.32 Å². The van der Waals surface area contributed by atoms with Gasteiger partial charge in [-0.25, -0.2) is 23.4 Å². The number of thiazole rings is 1. The lowest BCUT2D eigenvalue weighted by molar-refractivity contribution is 0.0521. The Bertz CT molecular complexity index is 852. The number of benzene rings is 1. The molecule has 146 valence electrons. The molecule has 0 aliphatic carbocycles. The summed E-state index contributed by atoms with van der Waals surface area (Å²) in [4.78, 5) is 28.2. The van der Waals surface area contributed by atoms with Gasteiger partial charge in [-0.15, -0.1) is 0 Å². The second-order valence-corrected chi connectivity index (χ2v) is 7.65. The molecule has 2 aromatic rings. The summed E-state index contributed by atoms with van der Waals surface area (Å²) in [5.74, 6) is -2.46. The van der Waals surface area contributed by atoms with Crippen LogP contribution in [-0.2, 0) is 9.47 Å². The average Bonchev–Trinajstić information content (AvgIpc) is 2.87. The van der Waals surface area contributed by atoms with E-state index in [1.165, 1.54) is 0 Å². The van der Waals surface area contributed by atoms with E-state index in [1.807, 2.05) is 0 Å². The van der Waals surface area contributed by atoms with Gasteiger partial charge in [0, 0.05) is 0 Å². The van der Waals surface area contributed by atoms with E-state index in [1.54, 1.807) is 34.6 Å². The summed E-state index contributed by atoms with van der Waals surface area (Å²) < 4.78 is 38.6. The summed E-state index contributed by atoms with van der Waals surface area (Å²) in [6, 6.07) is 2.32. The molecule has 0 atom stereocenters. The fourth-order valence-electron chi connectivity index (χ4n) is 2.15. The molecule has 27 heavy (non-hydrogen) atoms. The molecule has 0 unspecified atom stereocenters. The first-order chi connectivity index (χ1) is 12.5. The SMILES string of the molecule is CCOC(=O)c1nc(-c2c(F)cc(C)cc2F)sc1NC(=O)OC(C)(C)C. The van der Waals surface area contributed by atoms with Crippen LogP contribution in [0.5, 0.6) is 0 Å². The summed E-state index contributed by atoms with van der Waals surface area (Å²) in [5.41, 5.74) is -0.991. The van der Waals surface area contributed by atoms with Crippen molar-refractivity contribution in [3.8, 4) is 10.6 Å². The van der Waals surface area contributed by atoms with Crippen LogP contribution in [0.25, 0.3) is 10.6 Å². The van der Waals surface area contributed by atoms with E-state index in [9.17, 15) is 18.4 Å². The van der Waals surface area contributed by atoms with Gasteiger partial charge in [0.2, 0.25) is 0 Å². The van der Waals surface area contributed by atoms with E-state index in [0.29, 0.717) is 5.56 Å². The molecule has 1 aromatic heterocycles. The fraction of sp³-hybridized carbons (Fsp3) is 0.389. The zero-order valence-corrected chi connectivity index (χ0v) is 16.4. The predicted molar refractivity (Wildman–Crippen MR) is 98.0 cm³/mol. The van der Waals surface area contributed by atoms with Crippen molar-refractivity contribution in [3.63, 3.8) is 0 Å². The smallest absolute Gasteiger partial charge is 0.412 e. The Morgan fingerprint density at radius 2 is 1.81 bits per heavy atom. The third-order valence-electron chi connectivity index (χ3n) is 3.11. The molecule has 0 bridgehead atoms. The molecular weight excluding hydrogens is 378 g/mol. The quantitative estimate of drug-likeness (QED) is 0.740. The highest BCUT2D eigenvalue weighted by Gasteiger charge is 2.26. The van der Waals surface area contributed by atoms with E-state index in [0.717, 1.165) is 23.5 Å². The largest absolute Gasteiger partial charge is 0.461 e. The lowest BCUT2D eigenvalue weighted by Crippen LogP contribution is -2.27. The van der Waals surface area contributed by atoms with Crippen LogP contribution < -0.4 is 5.32 Å². The van der Waals surface area contributed by atoms with Crippen molar-refractivity contribution in [1.29, 1.82) is 0 Å². The van der Waals surface area contributed by atoms with E-state index >= 15 is 0 Å². The summed E-state index contributed by atoms with van der Waals surface area (Å²) >= 11 is 0.751. The Labute approximate surface area is 159 Å². The Balaban J connectivity index is 2.47. The number of hydrogen-bond acceptors (Lipinski definition) is 6.